The Morgan fingerprint density at radius 2 is 2.10 bits per heavy atom. The monoisotopic (exact) mass is 281 g/mol. The van der Waals surface area contributed by atoms with Gasteiger partial charge in [0.15, 0.2) is 0 Å². The van der Waals surface area contributed by atoms with E-state index in [1.54, 1.807) is 0 Å². The molecule has 0 amide bonds. The predicted octanol–water partition coefficient (Wildman–Crippen LogP) is 2.46. The van der Waals surface area contributed by atoms with E-state index in [-0.39, 0.29) is 11.3 Å². The number of aromatic carboxylic acids is 1. The molecule has 1 N–H and O–H groups in total. The van der Waals surface area contributed by atoms with Crippen LogP contribution in [0.25, 0.3) is 5.69 Å². The lowest BCUT2D eigenvalue weighted by atomic mass is 10.1. The lowest BCUT2D eigenvalue weighted by Gasteiger charge is -2.10. The molecule has 1 aromatic heterocycles. The van der Waals surface area contributed by atoms with E-state index < -0.39 is 23.3 Å². The van der Waals surface area contributed by atoms with Crippen molar-refractivity contribution in [1.82, 2.24) is 9.78 Å². The van der Waals surface area contributed by atoms with E-state index in [1.807, 2.05) is 0 Å². The first kappa shape index (κ1) is 13.6. The summed E-state index contributed by atoms with van der Waals surface area (Å²) in [4.78, 5) is 10.7. The maximum absolute atomic E-state index is 12.8. The van der Waals surface area contributed by atoms with E-state index in [1.165, 1.54) is 12.1 Å². The topological polar surface area (TPSA) is 78.9 Å². The predicted molar refractivity (Wildman–Crippen MR) is 60.2 cm³/mol. The van der Waals surface area contributed by atoms with Gasteiger partial charge in [-0.05, 0) is 18.2 Å². The summed E-state index contributed by atoms with van der Waals surface area (Å²) in [7, 11) is 0. The van der Waals surface area contributed by atoms with Gasteiger partial charge in [-0.3, -0.25) is 0 Å². The highest BCUT2D eigenvalue weighted by Crippen LogP contribution is 2.33. The molecule has 8 heteroatoms. The van der Waals surface area contributed by atoms with Gasteiger partial charge in [0.25, 0.3) is 0 Å². The molecule has 1 aromatic carbocycles. The molecule has 1 heterocycles. The fourth-order valence-electron chi connectivity index (χ4n) is 1.58. The summed E-state index contributed by atoms with van der Waals surface area (Å²) < 4.78 is 39.4. The minimum atomic E-state index is -4.68. The van der Waals surface area contributed by atoms with Crippen LogP contribution in [0.1, 0.15) is 21.5 Å². The van der Waals surface area contributed by atoms with Crippen LogP contribution in [0.2, 0.25) is 0 Å². The number of nitrogens with zero attached hydrogens (tertiary/aromatic N) is 3. The minimum Gasteiger partial charge on any atom is -0.478 e. The van der Waals surface area contributed by atoms with E-state index in [4.69, 9.17) is 10.4 Å². The number of halogens is 3. The van der Waals surface area contributed by atoms with Crippen molar-refractivity contribution in [1.29, 1.82) is 5.26 Å². The number of rotatable bonds is 2. The normalized spacial score (nSPS) is 11.1. The molecule has 0 bridgehead atoms. The lowest BCUT2D eigenvalue weighted by molar-refractivity contribution is -0.137. The number of alkyl halides is 3. The van der Waals surface area contributed by atoms with Crippen molar-refractivity contribution in [2.45, 2.75) is 6.18 Å². The van der Waals surface area contributed by atoms with Crippen LogP contribution < -0.4 is 0 Å². The van der Waals surface area contributed by atoms with E-state index in [0.29, 0.717) is 0 Å². The Morgan fingerprint density at radius 1 is 1.40 bits per heavy atom. The van der Waals surface area contributed by atoms with Crippen LogP contribution in [0.3, 0.4) is 0 Å². The first-order valence-electron chi connectivity index (χ1n) is 5.22. The fourth-order valence-corrected chi connectivity index (χ4v) is 1.58. The zero-order valence-electron chi connectivity index (χ0n) is 9.72. The van der Waals surface area contributed by atoms with E-state index >= 15 is 0 Å². The van der Waals surface area contributed by atoms with E-state index in [2.05, 4.69) is 5.10 Å². The van der Waals surface area contributed by atoms with Gasteiger partial charge in [0.1, 0.15) is 0 Å². The third kappa shape index (κ3) is 2.47. The zero-order valence-corrected chi connectivity index (χ0v) is 9.72. The van der Waals surface area contributed by atoms with Crippen LogP contribution in [0.5, 0.6) is 0 Å². The van der Waals surface area contributed by atoms with E-state index in [9.17, 15) is 18.0 Å². The van der Waals surface area contributed by atoms with Gasteiger partial charge in [0.2, 0.25) is 0 Å². The Labute approximate surface area is 110 Å². The summed E-state index contributed by atoms with van der Waals surface area (Å²) >= 11 is 0. The highest BCUT2D eigenvalue weighted by Gasteiger charge is 2.34. The Bertz CT molecular complexity index is 713. The number of hydrogen-bond donors (Lipinski definition) is 1. The summed E-state index contributed by atoms with van der Waals surface area (Å²) in [5.74, 6) is -1.24. The second kappa shape index (κ2) is 4.70. The molecular weight excluding hydrogens is 275 g/mol. The molecule has 0 aliphatic rings. The smallest absolute Gasteiger partial charge is 0.417 e. The zero-order chi connectivity index (χ0) is 14.9. The van der Waals surface area contributed by atoms with Crippen LogP contribution in [-0.4, -0.2) is 20.9 Å². The summed E-state index contributed by atoms with van der Waals surface area (Å²) in [5, 5.41) is 21.1. The van der Waals surface area contributed by atoms with Crippen LogP contribution in [0.15, 0.2) is 30.6 Å². The van der Waals surface area contributed by atoms with Crippen LogP contribution in [0, 0.1) is 11.3 Å². The molecule has 0 aliphatic carbocycles. The van der Waals surface area contributed by atoms with E-state index in [0.717, 1.165) is 29.2 Å². The van der Waals surface area contributed by atoms with Gasteiger partial charge < -0.3 is 5.11 Å². The second-order valence-corrected chi connectivity index (χ2v) is 3.82. The number of carboxylic acid groups (broad SMARTS) is 1. The van der Waals surface area contributed by atoms with Gasteiger partial charge in [-0.1, -0.05) is 0 Å². The van der Waals surface area contributed by atoms with Gasteiger partial charge in [-0.2, -0.15) is 23.5 Å². The number of hydrogen-bond acceptors (Lipinski definition) is 3. The molecule has 0 fully saturated rings. The second-order valence-electron chi connectivity index (χ2n) is 3.82. The number of carboxylic acids is 1. The van der Waals surface area contributed by atoms with Crippen LogP contribution >= 0.6 is 0 Å². The molecule has 0 atom stereocenters. The maximum atomic E-state index is 12.8. The first-order valence-corrected chi connectivity index (χ1v) is 5.22. The van der Waals surface area contributed by atoms with Crippen LogP contribution in [0.4, 0.5) is 13.2 Å². The van der Waals surface area contributed by atoms with Gasteiger partial charge in [-0.25, -0.2) is 9.48 Å². The van der Waals surface area contributed by atoms with Crippen molar-refractivity contribution in [2.75, 3.05) is 0 Å². The van der Waals surface area contributed by atoms with Crippen molar-refractivity contribution in [3.63, 3.8) is 0 Å². The standard InChI is InChI=1S/C12H6F3N3O2/c13-12(14,15)10-3-9(2-1-7(10)4-16)18-6-8(5-17-18)11(19)20/h1-3,5-6H,(H,19,20). The third-order valence-electron chi connectivity index (χ3n) is 2.52. The average molecular weight is 281 g/mol. The first-order chi connectivity index (χ1) is 9.32. The molecule has 20 heavy (non-hydrogen) atoms. The fraction of sp³-hybridized carbons (Fsp3) is 0.0833. The molecule has 0 saturated carbocycles. The maximum Gasteiger partial charge on any atom is 0.417 e. The largest absolute Gasteiger partial charge is 0.478 e. The third-order valence-corrected chi connectivity index (χ3v) is 2.52. The van der Waals surface area contributed by atoms with Gasteiger partial charge in [0, 0.05) is 6.20 Å². The minimum absolute atomic E-state index is 0.0174. The molecular formula is C12H6F3N3O2. The Balaban J connectivity index is 2.53. The molecule has 102 valence electrons. The molecule has 0 unspecified atom stereocenters. The van der Waals surface area contributed by atoms with Gasteiger partial charge >= 0.3 is 12.1 Å². The van der Waals surface area contributed by atoms with Gasteiger partial charge in [-0.15, -0.1) is 0 Å². The van der Waals surface area contributed by atoms with Crippen molar-refractivity contribution >= 4 is 5.97 Å². The van der Waals surface area contributed by atoms with Crippen LogP contribution in [-0.2, 0) is 6.18 Å². The van der Waals surface area contributed by atoms with Crippen molar-refractivity contribution < 1.29 is 23.1 Å². The SMILES string of the molecule is N#Cc1ccc(-n2cc(C(=O)O)cn2)cc1C(F)(F)F. The Kier molecular flexibility index (Phi) is 3.19. The average Bonchev–Trinajstić information content (AvgIpc) is 2.86. The highest BCUT2D eigenvalue weighted by molar-refractivity contribution is 5.86. The Hall–Kier alpha value is -2.82. The number of aromatic nitrogens is 2. The summed E-state index contributed by atoms with van der Waals surface area (Å²) in [6, 6.07) is 4.48. The molecule has 0 aliphatic heterocycles. The Morgan fingerprint density at radius 3 is 2.60 bits per heavy atom. The summed E-state index contributed by atoms with van der Waals surface area (Å²) in [5.41, 5.74) is -1.73. The highest BCUT2D eigenvalue weighted by atomic mass is 19.4. The van der Waals surface area contributed by atoms with Crippen molar-refractivity contribution in [2.24, 2.45) is 0 Å². The van der Waals surface area contributed by atoms with Gasteiger partial charge in [0.05, 0.1) is 34.6 Å². The van der Waals surface area contributed by atoms with Crippen molar-refractivity contribution in [3.8, 4) is 11.8 Å². The number of carbonyl (C=O) groups is 1. The molecule has 2 rings (SSSR count). The molecule has 2 aromatic rings. The summed E-state index contributed by atoms with van der Waals surface area (Å²) in [6.07, 6.45) is -2.57. The number of benzene rings is 1. The quantitative estimate of drug-likeness (QED) is 0.917. The van der Waals surface area contributed by atoms with Crippen molar-refractivity contribution in [3.05, 3.63) is 47.3 Å². The molecule has 5 nitrogen and oxygen atoms in total. The summed E-state index contributed by atoms with van der Waals surface area (Å²) in [6.45, 7) is 0. The lowest BCUT2D eigenvalue weighted by Crippen LogP contribution is -2.09. The molecule has 0 spiro atoms. The molecule has 0 radical (unpaired) electrons. The number of nitriles is 1. The molecule has 0 saturated heterocycles.